The highest BCUT2D eigenvalue weighted by Gasteiger charge is 2.33. The predicted molar refractivity (Wildman–Crippen MR) is 131 cm³/mol. The van der Waals surface area contributed by atoms with E-state index in [9.17, 15) is 4.79 Å². The van der Waals surface area contributed by atoms with Gasteiger partial charge in [0.25, 0.3) is 0 Å². The van der Waals surface area contributed by atoms with Crippen molar-refractivity contribution in [3.63, 3.8) is 0 Å². The summed E-state index contributed by atoms with van der Waals surface area (Å²) in [5.41, 5.74) is 2.27. The first kappa shape index (κ1) is 22.4. The number of anilines is 1. The van der Waals surface area contributed by atoms with Gasteiger partial charge in [0.1, 0.15) is 5.75 Å². The Morgan fingerprint density at radius 3 is 2.53 bits per heavy atom. The average Bonchev–Trinajstić information content (AvgIpc) is 3.40. The molecule has 1 unspecified atom stereocenters. The highest BCUT2D eigenvalue weighted by atomic mass is 16.5. The summed E-state index contributed by atoms with van der Waals surface area (Å²) in [6.45, 7) is 3.17. The van der Waals surface area contributed by atoms with Crippen LogP contribution in [0, 0.1) is 11.8 Å². The number of rotatable bonds is 6. The van der Waals surface area contributed by atoms with Gasteiger partial charge in [-0.3, -0.25) is 4.79 Å². The summed E-state index contributed by atoms with van der Waals surface area (Å²) >= 11 is 0. The molecule has 3 heterocycles. The van der Waals surface area contributed by atoms with Gasteiger partial charge >= 0.3 is 6.01 Å². The molecule has 2 fully saturated rings. The van der Waals surface area contributed by atoms with Crippen molar-refractivity contribution in [2.45, 2.75) is 32.1 Å². The van der Waals surface area contributed by atoms with E-state index in [1.54, 1.807) is 7.11 Å². The van der Waals surface area contributed by atoms with Gasteiger partial charge in [-0.25, -0.2) is 0 Å². The van der Waals surface area contributed by atoms with Gasteiger partial charge < -0.3 is 19.1 Å². The maximum absolute atomic E-state index is 13.3. The number of hydrogen-bond donors (Lipinski definition) is 0. The number of nitrogens with zero attached hydrogens (tertiary/aromatic N) is 4. The minimum atomic E-state index is -0.0178. The molecule has 7 nitrogen and oxygen atoms in total. The van der Waals surface area contributed by atoms with Crippen LogP contribution in [0.5, 0.6) is 5.75 Å². The lowest BCUT2D eigenvalue weighted by atomic mass is 9.89. The van der Waals surface area contributed by atoms with Crippen LogP contribution in [0.4, 0.5) is 6.01 Å². The summed E-state index contributed by atoms with van der Waals surface area (Å²) in [5, 5.41) is 4.16. The smallest absolute Gasteiger partial charge is 0.324 e. The van der Waals surface area contributed by atoms with E-state index >= 15 is 0 Å². The van der Waals surface area contributed by atoms with Crippen molar-refractivity contribution >= 4 is 11.9 Å². The molecular weight excluding hydrogens is 428 g/mol. The Kier molecular flexibility index (Phi) is 6.79. The van der Waals surface area contributed by atoms with Crippen molar-refractivity contribution in [2.75, 3.05) is 38.2 Å². The molecule has 0 spiro atoms. The quantitative estimate of drug-likeness (QED) is 0.542. The van der Waals surface area contributed by atoms with Crippen molar-refractivity contribution in [2.24, 2.45) is 11.8 Å². The van der Waals surface area contributed by atoms with E-state index in [4.69, 9.17) is 9.26 Å². The van der Waals surface area contributed by atoms with Crippen molar-refractivity contribution in [3.05, 3.63) is 60.2 Å². The topological polar surface area (TPSA) is 71.7 Å². The minimum absolute atomic E-state index is 0.0178. The maximum Gasteiger partial charge on any atom is 0.324 e. The van der Waals surface area contributed by atoms with E-state index in [1.807, 2.05) is 24.3 Å². The number of piperidine rings is 2. The Hall–Kier alpha value is -3.35. The van der Waals surface area contributed by atoms with Crippen molar-refractivity contribution < 1.29 is 14.1 Å². The summed E-state index contributed by atoms with van der Waals surface area (Å²) in [7, 11) is 1.64. The van der Waals surface area contributed by atoms with E-state index in [2.05, 4.69) is 50.3 Å². The van der Waals surface area contributed by atoms with Crippen LogP contribution in [0.1, 0.15) is 31.2 Å². The van der Waals surface area contributed by atoms with E-state index < -0.39 is 0 Å². The van der Waals surface area contributed by atoms with Gasteiger partial charge in [-0.1, -0.05) is 35.5 Å². The number of amides is 1. The molecule has 0 radical (unpaired) electrons. The SMILES string of the molecule is COc1ccc(-c2noc(N3CCCC(C(=O)N4CCC(Cc5ccccc5)CC4)C3)n2)cc1. The Labute approximate surface area is 200 Å². The molecule has 2 saturated heterocycles. The fourth-order valence-electron chi connectivity index (χ4n) is 5.12. The summed E-state index contributed by atoms with van der Waals surface area (Å²) < 4.78 is 10.8. The van der Waals surface area contributed by atoms with Crippen LogP contribution in [-0.4, -0.2) is 54.2 Å². The number of benzene rings is 2. The molecule has 5 rings (SSSR count). The molecule has 2 aromatic carbocycles. The first-order chi connectivity index (χ1) is 16.7. The molecular formula is C27H32N4O3. The molecule has 1 amide bonds. The van der Waals surface area contributed by atoms with Gasteiger partial charge in [0.05, 0.1) is 13.0 Å². The normalized spacial score (nSPS) is 19.3. The Morgan fingerprint density at radius 1 is 1.03 bits per heavy atom. The molecule has 1 aromatic heterocycles. The van der Waals surface area contributed by atoms with Gasteiger partial charge in [0, 0.05) is 31.7 Å². The van der Waals surface area contributed by atoms with Crippen LogP contribution in [0.15, 0.2) is 59.1 Å². The number of likely N-dealkylation sites (tertiary alicyclic amines) is 1. The zero-order valence-electron chi connectivity index (χ0n) is 19.7. The standard InChI is InChI=1S/C27H32N4O3/c1-33-24-11-9-22(10-12-24)25-28-27(34-29-25)31-15-5-8-23(19-31)26(32)30-16-13-21(14-17-30)18-20-6-3-2-4-7-20/h2-4,6-7,9-12,21,23H,5,8,13-19H2,1H3. The first-order valence-corrected chi connectivity index (χ1v) is 12.3. The second kappa shape index (κ2) is 10.3. The summed E-state index contributed by atoms with van der Waals surface area (Å²) in [4.78, 5) is 22.0. The van der Waals surface area contributed by atoms with Gasteiger partial charge in [-0.05, 0) is 67.9 Å². The molecule has 0 bridgehead atoms. The number of methoxy groups -OCH3 is 1. The second-order valence-corrected chi connectivity index (χ2v) is 9.37. The monoisotopic (exact) mass is 460 g/mol. The third-order valence-corrected chi connectivity index (χ3v) is 7.10. The maximum atomic E-state index is 13.3. The van der Waals surface area contributed by atoms with Crippen LogP contribution >= 0.6 is 0 Å². The van der Waals surface area contributed by atoms with Crippen LogP contribution in [-0.2, 0) is 11.2 Å². The third-order valence-electron chi connectivity index (χ3n) is 7.10. The van der Waals surface area contributed by atoms with E-state index in [0.717, 1.165) is 63.1 Å². The third kappa shape index (κ3) is 5.08. The van der Waals surface area contributed by atoms with Gasteiger partial charge in [0.2, 0.25) is 11.7 Å². The lowest BCUT2D eigenvalue weighted by Gasteiger charge is -2.37. The highest BCUT2D eigenvalue weighted by molar-refractivity contribution is 5.79. The minimum Gasteiger partial charge on any atom is -0.497 e. The molecule has 0 N–H and O–H groups in total. The molecule has 0 saturated carbocycles. The highest BCUT2D eigenvalue weighted by Crippen LogP contribution is 2.28. The molecule has 178 valence electrons. The summed E-state index contributed by atoms with van der Waals surface area (Å²) in [5.74, 6) is 2.25. The molecule has 2 aliphatic heterocycles. The molecule has 3 aromatic rings. The summed E-state index contributed by atoms with van der Waals surface area (Å²) in [6, 6.07) is 18.7. The number of ether oxygens (including phenoxy) is 1. The lowest BCUT2D eigenvalue weighted by Crippen LogP contribution is -2.47. The average molecular weight is 461 g/mol. The number of carbonyl (C=O) groups excluding carboxylic acids is 1. The molecule has 2 aliphatic rings. The van der Waals surface area contributed by atoms with Gasteiger partial charge in [-0.2, -0.15) is 4.98 Å². The number of hydrogen-bond acceptors (Lipinski definition) is 6. The number of carbonyl (C=O) groups is 1. The van der Waals surface area contributed by atoms with Crippen LogP contribution in [0.25, 0.3) is 11.4 Å². The van der Waals surface area contributed by atoms with E-state index in [0.29, 0.717) is 24.3 Å². The van der Waals surface area contributed by atoms with E-state index in [-0.39, 0.29) is 11.8 Å². The van der Waals surface area contributed by atoms with Crippen molar-refractivity contribution in [3.8, 4) is 17.1 Å². The predicted octanol–water partition coefficient (Wildman–Crippen LogP) is 4.44. The zero-order valence-corrected chi connectivity index (χ0v) is 19.7. The Morgan fingerprint density at radius 2 is 1.79 bits per heavy atom. The Bertz CT molecular complexity index is 1070. The number of aromatic nitrogens is 2. The van der Waals surface area contributed by atoms with Crippen molar-refractivity contribution in [1.29, 1.82) is 0 Å². The van der Waals surface area contributed by atoms with Gasteiger partial charge in [0.15, 0.2) is 0 Å². The fourth-order valence-corrected chi connectivity index (χ4v) is 5.12. The Balaban J connectivity index is 1.16. The summed E-state index contributed by atoms with van der Waals surface area (Å²) in [6.07, 6.45) is 5.12. The lowest BCUT2D eigenvalue weighted by molar-refractivity contribution is -0.137. The molecule has 1 atom stereocenters. The second-order valence-electron chi connectivity index (χ2n) is 9.37. The molecule has 0 aliphatic carbocycles. The van der Waals surface area contributed by atoms with Crippen LogP contribution < -0.4 is 9.64 Å². The molecule has 34 heavy (non-hydrogen) atoms. The largest absolute Gasteiger partial charge is 0.497 e. The first-order valence-electron chi connectivity index (χ1n) is 12.3. The fraction of sp³-hybridized carbons (Fsp3) is 0.444. The van der Waals surface area contributed by atoms with Crippen LogP contribution in [0.2, 0.25) is 0 Å². The van der Waals surface area contributed by atoms with Crippen LogP contribution in [0.3, 0.4) is 0 Å². The molecule has 7 heteroatoms. The van der Waals surface area contributed by atoms with E-state index in [1.165, 1.54) is 5.56 Å². The van der Waals surface area contributed by atoms with Crippen molar-refractivity contribution in [1.82, 2.24) is 15.0 Å². The van der Waals surface area contributed by atoms with Gasteiger partial charge in [-0.15, -0.1) is 0 Å². The zero-order chi connectivity index (χ0) is 23.3.